The highest BCUT2D eigenvalue weighted by Gasteiger charge is 2.14. The molecule has 0 bridgehead atoms. The first-order valence-corrected chi connectivity index (χ1v) is 7.14. The summed E-state index contributed by atoms with van der Waals surface area (Å²) in [5.41, 5.74) is 1.35. The molecule has 0 heterocycles. The fourth-order valence-corrected chi connectivity index (χ4v) is 2.20. The summed E-state index contributed by atoms with van der Waals surface area (Å²) >= 11 is 3.34. The maximum atomic E-state index is 13.5. The molecule has 0 aliphatic heterocycles. The summed E-state index contributed by atoms with van der Waals surface area (Å²) in [6, 6.07) is 10.7. The summed E-state index contributed by atoms with van der Waals surface area (Å²) in [5, 5.41) is 3.39. The second-order valence-corrected chi connectivity index (χ2v) is 4.98. The Morgan fingerprint density at radius 2 is 1.80 bits per heavy atom. The Morgan fingerprint density at radius 3 is 2.45 bits per heavy atom. The highest BCUT2D eigenvalue weighted by atomic mass is 79.9. The Labute approximate surface area is 123 Å². The first-order valence-electron chi connectivity index (χ1n) is 6.02. The Bertz CT molecular complexity index is 614. The molecule has 20 heavy (non-hydrogen) atoms. The standard InChI is InChI=1S/C15H12BrF2NO/c16-9-8-10-4-6-11(7-5-10)19-15(20)12-2-1-3-13(17)14(12)18/h1-7H,8-9H2,(H,19,20). The van der Waals surface area contributed by atoms with Crippen molar-refractivity contribution in [3.8, 4) is 0 Å². The Hall–Kier alpha value is -1.75. The molecule has 0 unspecified atom stereocenters. The molecule has 0 fully saturated rings. The van der Waals surface area contributed by atoms with E-state index in [9.17, 15) is 13.6 Å². The van der Waals surface area contributed by atoms with Crippen molar-refractivity contribution in [2.45, 2.75) is 6.42 Å². The second kappa shape index (κ2) is 6.61. The molecule has 0 aliphatic rings. The summed E-state index contributed by atoms with van der Waals surface area (Å²) in [7, 11) is 0. The third-order valence-corrected chi connectivity index (χ3v) is 3.19. The molecule has 5 heteroatoms. The van der Waals surface area contributed by atoms with Gasteiger partial charge in [0.1, 0.15) is 0 Å². The van der Waals surface area contributed by atoms with E-state index in [4.69, 9.17) is 0 Å². The molecule has 0 aromatic heterocycles. The molecule has 1 N–H and O–H groups in total. The fraction of sp³-hybridized carbons (Fsp3) is 0.133. The third-order valence-electron chi connectivity index (χ3n) is 2.79. The van der Waals surface area contributed by atoms with E-state index < -0.39 is 17.5 Å². The summed E-state index contributed by atoms with van der Waals surface area (Å²) < 4.78 is 26.5. The van der Waals surface area contributed by atoms with E-state index >= 15 is 0 Å². The number of rotatable bonds is 4. The lowest BCUT2D eigenvalue weighted by atomic mass is 10.1. The zero-order valence-electron chi connectivity index (χ0n) is 10.5. The van der Waals surface area contributed by atoms with Crippen molar-refractivity contribution < 1.29 is 13.6 Å². The average Bonchev–Trinajstić information content (AvgIpc) is 2.44. The second-order valence-electron chi connectivity index (χ2n) is 4.19. The minimum Gasteiger partial charge on any atom is -0.322 e. The van der Waals surface area contributed by atoms with Crippen LogP contribution in [0.5, 0.6) is 0 Å². The van der Waals surface area contributed by atoms with E-state index in [1.165, 1.54) is 12.1 Å². The third kappa shape index (κ3) is 3.42. The SMILES string of the molecule is O=C(Nc1ccc(CCBr)cc1)c1cccc(F)c1F. The summed E-state index contributed by atoms with van der Waals surface area (Å²) in [6.45, 7) is 0. The lowest BCUT2D eigenvalue weighted by Crippen LogP contribution is -2.14. The molecule has 2 aromatic carbocycles. The summed E-state index contributed by atoms with van der Waals surface area (Å²) in [6.07, 6.45) is 0.882. The van der Waals surface area contributed by atoms with Gasteiger partial charge in [-0.2, -0.15) is 0 Å². The van der Waals surface area contributed by atoms with Crippen molar-refractivity contribution in [3.63, 3.8) is 0 Å². The average molecular weight is 340 g/mol. The Kier molecular flexibility index (Phi) is 4.84. The van der Waals surface area contributed by atoms with Gasteiger partial charge in [0.15, 0.2) is 11.6 Å². The van der Waals surface area contributed by atoms with Crippen molar-refractivity contribution in [1.82, 2.24) is 0 Å². The predicted molar refractivity (Wildman–Crippen MR) is 78.3 cm³/mol. The van der Waals surface area contributed by atoms with Crippen LogP contribution in [0.3, 0.4) is 0 Å². The van der Waals surface area contributed by atoms with Gasteiger partial charge in [-0.25, -0.2) is 8.78 Å². The van der Waals surface area contributed by atoms with E-state index in [0.717, 1.165) is 23.4 Å². The number of anilines is 1. The van der Waals surface area contributed by atoms with Crippen molar-refractivity contribution in [3.05, 3.63) is 65.2 Å². The zero-order valence-corrected chi connectivity index (χ0v) is 12.1. The van der Waals surface area contributed by atoms with Crippen LogP contribution >= 0.6 is 15.9 Å². The summed E-state index contributed by atoms with van der Waals surface area (Å²) in [4.78, 5) is 11.9. The molecule has 0 spiro atoms. The van der Waals surface area contributed by atoms with Gasteiger partial charge >= 0.3 is 0 Å². The molecule has 0 radical (unpaired) electrons. The number of amides is 1. The Morgan fingerprint density at radius 1 is 1.10 bits per heavy atom. The number of benzene rings is 2. The number of aryl methyl sites for hydroxylation is 1. The highest BCUT2D eigenvalue weighted by Crippen LogP contribution is 2.15. The van der Waals surface area contributed by atoms with Crippen LogP contribution in [-0.2, 0) is 6.42 Å². The predicted octanol–water partition coefficient (Wildman–Crippen LogP) is 4.15. The van der Waals surface area contributed by atoms with Gasteiger partial charge in [-0.1, -0.05) is 34.1 Å². The van der Waals surface area contributed by atoms with Crippen molar-refractivity contribution in [1.29, 1.82) is 0 Å². The Balaban J connectivity index is 2.13. The van der Waals surface area contributed by atoms with Crippen LogP contribution < -0.4 is 5.32 Å². The van der Waals surface area contributed by atoms with Crippen LogP contribution in [0.15, 0.2) is 42.5 Å². The van der Waals surface area contributed by atoms with Crippen LogP contribution in [0.4, 0.5) is 14.5 Å². The van der Waals surface area contributed by atoms with Crippen LogP contribution in [0.2, 0.25) is 0 Å². The molecule has 0 atom stereocenters. The van der Waals surface area contributed by atoms with Crippen molar-refractivity contribution in [2.75, 3.05) is 10.6 Å². The number of carbonyl (C=O) groups excluding carboxylic acids is 1. The van der Waals surface area contributed by atoms with Gasteiger partial charge in [0.05, 0.1) is 5.56 Å². The fourth-order valence-electron chi connectivity index (χ4n) is 1.74. The zero-order chi connectivity index (χ0) is 14.5. The lowest BCUT2D eigenvalue weighted by molar-refractivity contribution is 0.102. The summed E-state index contributed by atoms with van der Waals surface area (Å²) in [5.74, 6) is -2.85. The molecule has 0 aliphatic carbocycles. The van der Waals surface area contributed by atoms with E-state index in [-0.39, 0.29) is 5.56 Å². The van der Waals surface area contributed by atoms with E-state index in [0.29, 0.717) is 5.69 Å². The monoisotopic (exact) mass is 339 g/mol. The molecular formula is C15H12BrF2NO. The van der Waals surface area contributed by atoms with Gasteiger partial charge in [-0.3, -0.25) is 4.79 Å². The van der Waals surface area contributed by atoms with Crippen LogP contribution in [0.1, 0.15) is 15.9 Å². The normalized spacial score (nSPS) is 10.3. The first kappa shape index (κ1) is 14.7. The first-order chi connectivity index (χ1) is 9.61. The molecule has 1 amide bonds. The van der Waals surface area contributed by atoms with Gasteiger partial charge < -0.3 is 5.32 Å². The number of hydrogen-bond donors (Lipinski definition) is 1. The largest absolute Gasteiger partial charge is 0.322 e. The maximum Gasteiger partial charge on any atom is 0.258 e. The van der Waals surface area contributed by atoms with Gasteiger partial charge in [-0.05, 0) is 36.2 Å². The van der Waals surface area contributed by atoms with Gasteiger partial charge in [0, 0.05) is 11.0 Å². The van der Waals surface area contributed by atoms with Crippen LogP contribution in [0, 0.1) is 11.6 Å². The molecule has 2 rings (SSSR count). The molecule has 2 aromatic rings. The van der Waals surface area contributed by atoms with Gasteiger partial charge in [-0.15, -0.1) is 0 Å². The highest BCUT2D eigenvalue weighted by molar-refractivity contribution is 9.09. The van der Waals surface area contributed by atoms with Crippen molar-refractivity contribution in [2.24, 2.45) is 0 Å². The molecule has 0 saturated heterocycles. The minimum absolute atomic E-state index is 0.311. The van der Waals surface area contributed by atoms with E-state index in [1.54, 1.807) is 12.1 Å². The number of alkyl halides is 1. The molecule has 2 nitrogen and oxygen atoms in total. The van der Waals surface area contributed by atoms with E-state index in [2.05, 4.69) is 21.2 Å². The van der Waals surface area contributed by atoms with Crippen LogP contribution in [-0.4, -0.2) is 11.2 Å². The smallest absolute Gasteiger partial charge is 0.258 e. The lowest BCUT2D eigenvalue weighted by Gasteiger charge is -2.07. The number of carbonyl (C=O) groups is 1. The van der Waals surface area contributed by atoms with Gasteiger partial charge in [0.2, 0.25) is 0 Å². The van der Waals surface area contributed by atoms with E-state index in [1.807, 2.05) is 12.1 Å². The van der Waals surface area contributed by atoms with Crippen molar-refractivity contribution >= 4 is 27.5 Å². The van der Waals surface area contributed by atoms with Crippen LogP contribution in [0.25, 0.3) is 0 Å². The topological polar surface area (TPSA) is 29.1 Å². The maximum absolute atomic E-state index is 13.5. The molecule has 0 saturated carbocycles. The minimum atomic E-state index is -1.14. The number of nitrogens with one attached hydrogen (secondary N) is 1. The molecular weight excluding hydrogens is 328 g/mol. The molecule has 104 valence electrons. The number of halogens is 3. The quantitative estimate of drug-likeness (QED) is 0.833. The number of hydrogen-bond acceptors (Lipinski definition) is 1. The van der Waals surface area contributed by atoms with Gasteiger partial charge in [0.25, 0.3) is 5.91 Å².